The van der Waals surface area contributed by atoms with Crippen LogP contribution in [0.25, 0.3) is 0 Å². The molecule has 0 aliphatic heterocycles. The van der Waals surface area contributed by atoms with Crippen LogP contribution in [-0.4, -0.2) is 38.6 Å². The highest BCUT2D eigenvalue weighted by molar-refractivity contribution is 5.18. The van der Waals surface area contributed by atoms with Crippen LogP contribution in [0.5, 0.6) is 0 Å². The third-order valence-corrected chi connectivity index (χ3v) is 2.32. The van der Waals surface area contributed by atoms with Crippen molar-refractivity contribution in [1.29, 1.82) is 0 Å². The number of hydrogen-bond acceptors (Lipinski definition) is 2. The zero-order valence-corrected chi connectivity index (χ0v) is 8.71. The molecule has 0 unspecified atom stereocenters. The predicted molar refractivity (Wildman–Crippen MR) is 57.9 cm³/mol. The van der Waals surface area contributed by atoms with Gasteiger partial charge in [0.25, 0.3) is 0 Å². The minimum Gasteiger partial charge on any atom is -0.318 e. The van der Waals surface area contributed by atoms with Gasteiger partial charge in [-0.3, -0.25) is 0 Å². The predicted octanol–water partition coefficient (Wildman–Crippen LogP) is 1.41. The second-order valence-corrected chi connectivity index (χ2v) is 3.63. The molecule has 1 rings (SSSR count). The molecule has 1 N–H and O–H groups in total. The molecule has 74 valence electrons. The monoisotopic (exact) mass is 180 g/mol. The van der Waals surface area contributed by atoms with E-state index in [0.29, 0.717) is 0 Å². The minimum absolute atomic E-state index is 1.07. The van der Waals surface area contributed by atoms with Gasteiger partial charge in [-0.05, 0) is 26.9 Å². The second-order valence-electron chi connectivity index (χ2n) is 3.63. The lowest BCUT2D eigenvalue weighted by Crippen LogP contribution is -2.29. The van der Waals surface area contributed by atoms with Gasteiger partial charge in [-0.2, -0.15) is 0 Å². The molecule has 0 atom stereocenters. The summed E-state index contributed by atoms with van der Waals surface area (Å²) < 4.78 is 0. The summed E-state index contributed by atoms with van der Waals surface area (Å²) in [7, 11) is 4.17. The van der Waals surface area contributed by atoms with Gasteiger partial charge in [-0.1, -0.05) is 23.8 Å². The van der Waals surface area contributed by atoms with Crippen LogP contribution < -0.4 is 5.32 Å². The molecular weight excluding hydrogens is 160 g/mol. The van der Waals surface area contributed by atoms with Crippen molar-refractivity contribution in [2.45, 2.75) is 12.8 Å². The maximum atomic E-state index is 3.16. The third kappa shape index (κ3) is 4.25. The fraction of sp³-hybridized carbons (Fsp3) is 0.636. The van der Waals surface area contributed by atoms with E-state index >= 15 is 0 Å². The Hall–Kier alpha value is -0.600. The Morgan fingerprint density at radius 2 is 2.38 bits per heavy atom. The first-order chi connectivity index (χ1) is 6.33. The summed E-state index contributed by atoms with van der Waals surface area (Å²) in [6, 6.07) is 0. The summed E-state index contributed by atoms with van der Waals surface area (Å²) in [5, 5.41) is 3.16. The first-order valence-electron chi connectivity index (χ1n) is 5.00. The van der Waals surface area contributed by atoms with Crippen LogP contribution in [0.15, 0.2) is 23.8 Å². The van der Waals surface area contributed by atoms with Gasteiger partial charge in [-0.25, -0.2) is 0 Å². The van der Waals surface area contributed by atoms with Crippen molar-refractivity contribution in [2.24, 2.45) is 0 Å². The highest BCUT2D eigenvalue weighted by atomic mass is 15.1. The molecule has 2 nitrogen and oxygen atoms in total. The standard InChI is InChI=1S/C11H20N2/c1-12-8-9-13(2)10-11-6-4-3-5-7-11/h3-4,6,12H,5,7-10H2,1-2H3. The highest BCUT2D eigenvalue weighted by Gasteiger charge is 2.03. The lowest BCUT2D eigenvalue weighted by atomic mass is 10.1. The van der Waals surface area contributed by atoms with E-state index in [-0.39, 0.29) is 0 Å². The van der Waals surface area contributed by atoms with Crippen molar-refractivity contribution in [2.75, 3.05) is 33.7 Å². The van der Waals surface area contributed by atoms with Gasteiger partial charge in [0.2, 0.25) is 0 Å². The molecule has 13 heavy (non-hydrogen) atoms. The third-order valence-electron chi connectivity index (χ3n) is 2.32. The lowest BCUT2D eigenvalue weighted by molar-refractivity contribution is 0.359. The van der Waals surface area contributed by atoms with Crippen LogP contribution in [0.4, 0.5) is 0 Å². The van der Waals surface area contributed by atoms with Gasteiger partial charge in [0.1, 0.15) is 0 Å². The Labute approximate surface area is 81.3 Å². The van der Waals surface area contributed by atoms with Gasteiger partial charge in [-0.15, -0.1) is 0 Å². The van der Waals surface area contributed by atoms with E-state index in [1.807, 2.05) is 7.05 Å². The van der Waals surface area contributed by atoms with Crippen LogP contribution in [0.2, 0.25) is 0 Å². The molecule has 2 heteroatoms. The van der Waals surface area contributed by atoms with E-state index in [4.69, 9.17) is 0 Å². The van der Waals surface area contributed by atoms with Crippen molar-refractivity contribution in [3.05, 3.63) is 23.8 Å². The Morgan fingerprint density at radius 1 is 1.54 bits per heavy atom. The van der Waals surface area contributed by atoms with E-state index < -0.39 is 0 Å². The van der Waals surface area contributed by atoms with E-state index in [1.54, 1.807) is 5.57 Å². The smallest absolute Gasteiger partial charge is 0.0193 e. The quantitative estimate of drug-likeness (QED) is 0.688. The molecule has 0 aromatic rings. The first kappa shape index (κ1) is 10.5. The molecule has 0 aromatic carbocycles. The number of rotatable bonds is 5. The molecule has 0 heterocycles. The largest absolute Gasteiger partial charge is 0.318 e. The highest BCUT2D eigenvalue weighted by Crippen LogP contribution is 2.12. The molecule has 0 bridgehead atoms. The van der Waals surface area contributed by atoms with Gasteiger partial charge >= 0.3 is 0 Å². The van der Waals surface area contributed by atoms with Crippen molar-refractivity contribution in [3.63, 3.8) is 0 Å². The minimum atomic E-state index is 1.07. The number of likely N-dealkylation sites (N-methyl/N-ethyl adjacent to an activating group) is 2. The molecule has 0 saturated carbocycles. The SMILES string of the molecule is CNCCN(C)CC1=CC=CCC1. The normalized spacial score (nSPS) is 16.4. The fourth-order valence-electron chi connectivity index (χ4n) is 1.51. The Bertz CT molecular complexity index is 194. The number of nitrogens with one attached hydrogen (secondary N) is 1. The second kappa shape index (κ2) is 5.95. The zero-order valence-electron chi connectivity index (χ0n) is 8.71. The van der Waals surface area contributed by atoms with Crippen LogP contribution >= 0.6 is 0 Å². The molecule has 0 saturated heterocycles. The van der Waals surface area contributed by atoms with Crippen LogP contribution in [-0.2, 0) is 0 Å². The number of allylic oxidation sites excluding steroid dienone is 3. The molecule has 0 amide bonds. The van der Waals surface area contributed by atoms with Crippen molar-refractivity contribution in [1.82, 2.24) is 10.2 Å². The summed E-state index contributed by atoms with van der Waals surface area (Å²) in [4.78, 5) is 2.36. The van der Waals surface area contributed by atoms with Crippen molar-refractivity contribution in [3.8, 4) is 0 Å². The van der Waals surface area contributed by atoms with Crippen LogP contribution in [0, 0.1) is 0 Å². The molecular formula is C11H20N2. The zero-order chi connectivity index (χ0) is 9.52. The van der Waals surface area contributed by atoms with Crippen molar-refractivity contribution >= 4 is 0 Å². The molecule has 0 spiro atoms. The summed E-state index contributed by atoms with van der Waals surface area (Å²) in [6.45, 7) is 3.31. The average Bonchev–Trinajstić information content (AvgIpc) is 2.16. The van der Waals surface area contributed by atoms with E-state index in [0.717, 1.165) is 19.6 Å². The van der Waals surface area contributed by atoms with Crippen molar-refractivity contribution < 1.29 is 0 Å². The maximum Gasteiger partial charge on any atom is 0.0193 e. The Balaban J connectivity index is 2.22. The summed E-state index contributed by atoms with van der Waals surface area (Å²) in [5.41, 5.74) is 1.56. The molecule has 1 aliphatic rings. The summed E-state index contributed by atoms with van der Waals surface area (Å²) >= 11 is 0. The van der Waals surface area contributed by atoms with Crippen LogP contribution in [0.1, 0.15) is 12.8 Å². The average molecular weight is 180 g/mol. The fourth-order valence-corrected chi connectivity index (χ4v) is 1.51. The first-order valence-corrected chi connectivity index (χ1v) is 5.00. The molecule has 0 fully saturated rings. The Morgan fingerprint density at radius 3 is 3.00 bits per heavy atom. The maximum absolute atomic E-state index is 3.16. The molecule has 0 radical (unpaired) electrons. The Kier molecular flexibility index (Phi) is 4.79. The van der Waals surface area contributed by atoms with E-state index in [2.05, 4.69) is 35.5 Å². The van der Waals surface area contributed by atoms with Gasteiger partial charge in [0, 0.05) is 19.6 Å². The number of nitrogens with zero attached hydrogens (tertiary/aromatic N) is 1. The topological polar surface area (TPSA) is 15.3 Å². The summed E-state index contributed by atoms with van der Waals surface area (Å²) in [5.74, 6) is 0. The van der Waals surface area contributed by atoms with E-state index in [1.165, 1.54) is 12.8 Å². The number of hydrogen-bond donors (Lipinski definition) is 1. The molecule has 1 aliphatic carbocycles. The summed E-state index contributed by atoms with van der Waals surface area (Å²) in [6.07, 6.45) is 9.10. The van der Waals surface area contributed by atoms with Gasteiger partial charge in [0.05, 0.1) is 0 Å². The van der Waals surface area contributed by atoms with Gasteiger partial charge in [0.15, 0.2) is 0 Å². The van der Waals surface area contributed by atoms with Crippen LogP contribution in [0.3, 0.4) is 0 Å². The lowest BCUT2D eigenvalue weighted by Gasteiger charge is -2.19. The molecule has 0 aromatic heterocycles. The van der Waals surface area contributed by atoms with Gasteiger partial charge < -0.3 is 10.2 Å². The van der Waals surface area contributed by atoms with E-state index in [9.17, 15) is 0 Å².